The van der Waals surface area contributed by atoms with Crippen LogP contribution < -0.4 is 10.5 Å². The number of benzene rings is 2. The van der Waals surface area contributed by atoms with E-state index in [1.807, 2.05) is 6.92 Å². The lowest BCUT2D eigenvalue weighted by Gasteiger charge is -2.09. The van der Waals surface area contributed by atoms with Crippen molar-refractivity contribution in [2.45, 2.75) is 6.92 Å². The molecule has 0 fully saturated rings. The quantitative estimate of drug-likeness (QED) is 0.689. The number of methoxy groups -OCH3 is 1. The van der Waals surface area contributed by atoms with Gasteiger partial charge in [-0.3, -0.25) is 4.79 Å². The summed E-state index contributed by atoms with van der Waals surface area (Å²) < 4.78 is 5.19. The molecule has 3 nitrogen and oxygen atoms in total. The summed E-state index contributed by atoms with van der Waals surface area (Å²) in [6.45, 7) is 1.86. The van der Waals surface area contributed by atoms with E-state index in [-0.39, 0.29) is 5.78 Å². The van der Waals surface area contributed by atoms with Gasteiger partial charge in [0.1, 0.15) is 5.75 Å². The molecule has 0 unspecified atom stereocenters. The smallest absolute Gasteiger partial charge is 0.196 e. The van der Waals surface area contributed by atoms with Gasteiger partial charge in [0.15, 0.2) is 5.78 Å². The molecule has 0 radical (unpaired) electrons. The van der Waals surface area contributed by atoms with E-state index in [1.165, 1.54) is 7.11 Å². The van der Waals surface area contributed by atoms with Crippen molar-refractivity contribution in [2.24, 2.45) is 0 Å². The maximum Gasteiger partial charge on any atom is 0.196 e. The summed E-state index contributed by atoms with van der Waals surface area (Å²) in [4.78, 5) is 12.5. The number of carbonyl (C=O) groups excluding carboxylic acids is 1. The van der Waals surface area contributed by atoms with Gasteiger partial charge in [0.2, 0.25) is 0 Å². The second-order valence-corrected chi connectivity index (χ2v) is 4.68. The number of carbonyl (C=O) groups is 1. The van der Waals surface area contributed by atoms with Crippen molar-refractivity contribution in [3.8, 4) is 5.75 Å². The topological polar surface area (TPSA) is 52.3 Å². The number of ether oxygens (including phenoxy) is 1. The van der Waals surface area contributed by atoms with Crippen LogP contribution in [-0.4, -0.2) is 12.9 Å². The zero-order valence-electron chi connectivity index (χ0n) is 10.7. The largest absolute Gasteiger partial charge is 0.496 e. The fourth-order valence-electron chi connectivity index (χ4n) is 1.83. The highest BCUT2D eigenvalue weighted by molar-refractivity contribution is 6.31. The van der Waals surface area contributed by atoms with Crippen LogP contribution in [0.2, 0.25) is 5.02 Å². The fraction of sp³-hybridized carbons (Fsp3) is 0.133. The molecule has 98 valence electrons. The molecule has 0 aromatic heterocycles. The van der Waals surface area contributed by atoms with Crippen molar-refractivity contribution in [3.05, 3.63) is 58.1 Å². The fourth-order valence-corrected chi connectivity index (χ4v) is 2.00. The molecule has 0 aliphatic heterocycles. The number of anilines is 1. The molecule has 0 aliphatic carbocycles. The van der Waals surface area contributed by atoms with Gasteiger partial charge in [0.05, 0.1) is 12.7 Å². The van der Waals surface area contributed by atoms with E-state index >= 15 is 0 Å². The third kappa shape index (κ3) is 2.71. The van der Waals surface area contributed by atoms with E-state index in [0.29, 0.717) is 27.6 Å². The molecular formula is C15H14ClNO2. The Bertz CT molecular complexity index is 638. The number of nitrogens with two attached hydrogens (primary N) is 1. The average Bonchev–Trinajstić information content (AvgIpc) is 2.41. The van der Waals surface area contributed by atoms with Crippen LogP contribution in [-0.2, 0) is 0 Å². The van der Waals surface area contributed by atoms with E-state index in [1.54, 1.807) is 36.4 Å². The standard InChI is InChI=1S/C15H14ClNO2/c1-9-7-10(3-5-13(9)17)15(18)12-8-11(16)4-6-14(12)19-2/h3-8H,17H2,1-2H3. The SMILES string of the molecule is COc1ccc(Cl)cc1C(=O)c1ccc(N)c(C)c1. The molecule has 4 heteroatoms. The van der Waals surface area contributed by atoms with Gasteiger partial charge in [-0.05, 0) is 48.9 Å². The molecule has 2 rings (SSSR count). The summed E-state index contributed by atoms with van der Waals surface area (Å²) in [5.74, 6) is 0.367. The Kier molecular flexibility index (Phi) is 3.76. The summed E-state index contributed by atoms with van der Waals surface area (Å²) >= 11 is 5.93. The monoisotopic (exact) mass is 275 g/mol. The van der Waals surface area contributed by atoms with E-state index in [9.17, 15) is 4.79 Å². The molecule has 19 heavy (non-hydrogen) atoms. The summed E-state index contributed by atoms with van der Waals surface area (Å²) in [5, 5.41) is 0.497. The van der Waals surface area contributed by atoms with Gasteiger partial charge in [-0.1, -0.05) is 11.6 Å². The van der Waals surface area contributed by atoms with Crippen LogP contribution in [0.15, 0.2) is 36.4 Å². The molecule has 0 bridgehead atoms. The van der Waals surface area contributed by atoms with Gasteiger partial charge in [-0.25, -0.2) is 0 Å². The molecular weight excluding hydrogens is 262 g/mol. The first-order chi connectivity index (χ1) is 9.02. The predicted octanol–water partition coefficient (Wildman–Crippen LogP) is 3.47. The van der Waals surface area contributed by atoms with Gasteiger partial charge >= 0.3 is 0 Å². The van der Waals surface area contributed by atoms with Crippen LogP contribution in [0.3, 0.4) is 0 Å². The Morgan fingerprint density at radius 2 is 1.95 bits per heavy atom. The molecule has 0 saturated heterocycles. The van der Waals surface area contributed by atoms with Crippen LogP contribution in [0.1, 0.15) is 21.5 Å². The molecule has 0 spiro atoms. The van der Waals surface area contributed by atoms with Gasteiger partial charge < -0.3 is 10.5 Å². The van der Waals surface area contributed by atoms with Gasteiger partial charge in [0.25, 0.3) is 0 Å². The molecule has 0 aliphatic rings. The minimum Gasteiger partial charge on any atom is -0.496 e. The summed E-state index contributed by atoms with van der Waals surface area (Å²) in [7, 11) is 1.52. The Labute approximate surface area is 117 Å². The van der Waals surface area contributed by atoms with Gasteiger partial charge in [-0.2, -0.15) is 0 Å². The first-order valence-corrected chi connectivity index (χ1v) is 6.15. The van der Waals surface area contributed by atoms with E-state index in [0.717, 1.165) is 5.56 Å². The molecule has 0 amide bonds. The van der Waals surface area contributed by atoms with Crippen LogP contribution in [0.4, 0.5) is 5.69 Å². The number of hydrogen-bond donors (Lipinski definition) is 1. The minimum atomic E-state index is -0.137. The third-order valence-corrected chi connectivity index (χ3v) is 3.17. The normalized spacial score (nSPS) is 10.3. The number of hydrogen-bond acceptors (Lipinski definition) is 3. The molecule has 0 saturated carbocycles. The Balaban J connectivity index is 2.49. The maximum absolute atomic E-state index is 12.5. The third-order valence-electron chi connectivity index (χ3n) is 2.94. The van der Waals surface area contributed by atoms with Crippen LogP contribution >= 0.6 is 11.6 Å². The molecule has 0 atom stereocenters. The van der Waals surface area contributed by atoms with E-state index < -0.39 is 0 Å². The van der Waals surface area contributed by atoms with Crippen LogP contribution in [0.5, 0.6) is 5.75 Å². The zero-order chi connectivity index (χ0) is 14.0. The molecule has 0 heterocycles. The van der Waals surface area contributed by atoms with Crippen molar-refractivity contribution in [2.75, 3.05) is 12.8 Å². The summed E-state index contributed by atoms with van der Waals surface area (Å²) in [5.41, 5.74) is 8.29. The number of nitrogen functional groups attached to an aromatic ring is 1. The number of halogens is 1. The average molecular weight is 276 g/mol. The van der Waals surface area contributed by atoms with Crippen molar-refractivity contribution < 1.29 is 9.53 Å². The van der Waals surface area contributed by atoms with Crippen molar-refractivity contribution in [1.29, 1.82) is 0 Å². The Morgan fingerprint density at radius 3 is 2.58 bits per heavy atom. The second kappa shape index (κ2) is 5.33. The summed E-state index contributed by atoms with van der Waals surface area (Å²) in [6.07, 6.45) is 0. The van der Waals surface area contributed by atoms with Gasteiger partial charge in [0, 0.05) is 16.3 Å². The maximum atomic E-state index is 12.5. The lowest BCUT2D eigenvalue weighted by molar-refractivity contribution is 0.103. The summed E-state index contributed by atoms with van der Waals surface area (Å²) in [6, 6.07) is 10.2. The highest BCUT2D eigenvalue weighted by atomic mass is 35.5. The number of ketones is 1. The van der Waals surface area contributed by atoms with E-state index in [4.69, 9.17) is 22.1 Å². The second-order valence-electron chi connectivity index (χ2n) is 4.25. The van der Waals surface area contributed by atoms with Gasteiger partial charge in [-0.15, -0.1) is 0 Å². The van der Waals surface area contributed by atoms with Crippen LogP contribution in [0, 0.1) is 6.92 Å². The zero-order valence-corrected chi connectivity index (χ0v) is 11.5. The van der Waals surface area contributed by atoms with Crippen LogP contribution in [0.25, 0.3) is 0 Å². The first-order valence-electron chi connectivity index (χ1n) is 5.77. The first kappa shape index (κ1) is 13.4. The van der Waals surface area contributed by atoms with Crippen molar-refractivity contribution >= 4 is 23.1 Å². The highest BCUT2D eigenvalue weighted by Gasteiger charge is 2.15. The minimum absolute atomic E-state index is 0.137. The lowest BCUT2D eigenvalue weighted by atomic mass is 10.00. The lowest BCUT2D eigenvalue weighted by Crippen LogP contribution is -2.05. The molecule has 2 aromatic rings. The Hall–Kier alpha value is -2.00. The highest BCUT2D eigenvalue weighted by Crippen LogP contribution is 2.26. The van der Waals surface area contributed by atoms with E-state index in [2.05, 4.69) is 0 Å². The van der Waals surface area contributed by atoms with Crippen molar-refractivity contribution in [3.63, 3.8) is 0 Å². The molecule has 2 aromatic carbocycles. The predicted molar refractivity (Wildman–Crippen MR) is 77.0 cm³/mol. The molecule has 2 N–H and O–H groups in total. The number of aryl methyl sites for hydroxylation is 1. The van der Waals surface area contributed by atoms with Crippen molar-refractivity contribution in [1.82, 2.24) is 0 Å². The Morgan fingerprint density at radius 1 is 1.21 bits per heavy atom. The number of rotatable bonds is 3.